The molecule has 0 fully saturated rings. The molecule has 3 nitrogen and oxygen atoms in total. The van der Waals surface area contributed by atoms with E-state index in [1.807, 2.05) is 29.5 Å². The van der Waals surface area contributed by atoms with Crippen molar-refractivity contribution in [2.45, 2.75) is 13.3 Å². The summed E-state index contributed by atoms with van der Waals surface area (Å²) in [7, 11) is 0. The molecule has 0 saturated carbocycles. The summed E-state index contributed by atoms with van der Waals surface area (Å²) in [5.74, 6) is 2.70. The van der Waals surface area contributed by atoms with Crippen molar-refractivity contribution in [2.75, 3.05) is 13.1 Å². The molecule has 1 N–H and O–H groups in total. The van der Waals surface area contributed by atoms with Gasteiger partial charge in [0.25, 0.3) is 0 Å². The lowest BCUT2D eigenvalue weighted by molar-refractivity contribution is 0.151. The van der Waals surface area contributed by atoms with Crippen LogP contribution in [0.4, 0.5) is 4.79 Å². The molecule has 62 valence electrons. The molecule has 0 aliphatic heterocycles. The van der Waals surface area contributed by atoms with E-state index in [4.69, 9.17) is 5.11 Å². The van der Waals surface area contributed by atoms with Crippen LogP contribution in [0.25, 0.3) is 0 Å². The van der Waals surface area contributed by atoms with Crippen LogP contribution in [0.5, 0.6) is 0 Å². The van der Waals surface area contributed by atoms with Gasteiger partial charge in [0.05, 0.1) is 6.54 Å². The van der Waals surface area contributed by atoms with Gasteiger partial charge in [-0.1, -0.05) is 12.8 Å². The van der Waals surface area contributed by atoms with Crippen molar-refractivity contribution in [1.82, 2.24) is 4.90 Å². The first kappa shape index (κ1) is 10.6. The van der Waals surface area contributed by atoms with E-state index in [-0.39, 0.29) is 0 Å². The number of nitrogens with zero attached hydrogens (tertiary/aromatic N) is 1. The van der Waals surface area contributed by atoms with Crippen LogP contribution in [-0.2, 0) is 0 Å². The summed E-state index contributed by atoms with van der Waals surface area (Å²) in [6.45, 7) is 2.81. The zero-order valence-corrected chi connectivity index (χ0v) is 8.46. The number of hydrogen-bond acceptors (Lipinski definition) is 1. The van der Waals surface area contributed by atoms with Crippen molar-refractivity contribution in [1.29, 1.82) is 0 Å². The lowest BCUT2D eigenvalue weighted by Crippen LogP contribution is -2.30. The average molecular weight is 267 g/mol. The molecule has 0 aliphatic rings. The van der Waals surface area contributed by atoms with E-state index in [1.54, 1.807) is 0 Å². The first-order chi connectivity index (χ1) is 5.22. The molecule has 0 unspecified atom stereocenters. The standard InChI is InChI=1S/C7H10INO2/c1-2-5-9(7(10)11)6-3-4-8/h2,5-6H2,1H3,(H,10,11). The zero-order chi connectivity index (χ0) is 8.69. The maximum absolute atomic E-state index is 10.5. The van der Waals surface area contributed by atoms with Gasteiger partial charge in [0.2, 0.25) is 0 Å². The molecule has 0 radical (unpaired) electrons. The molecule has 0 rings (SSSR count). The van der Waals surface area contributed by atoms with Crippen LogP contribution in [0.2, 0.25) is 0 Å². The van der Waals surface area contributed by atoms with E-state index in [0.717, 1.165) is 6.42 Å². The predicted octanol–water partition coefficient (Wildman–Crippen LogP) is 1.77. The van der Waals surface area contributed by atoms with Crippen molar-refractivity contribution in [3.05, 3.63) is 0 Å². The molecule has 0 aliphatic carbocycles. The van der Waals surface area contributed by atoms with Gasteiger partial charge < -0.3 is 5.11 Å². The Morgan fingerprint density at radius 2 is 2.36 bits per heavy atom. The van der Waals surface area contributed by atoms with E-state index in [9.17, 15) is 4.79 Å². The van der Waals surface area contributed by atoms with Crippen LogP contribution in [0.15, 0.2) is 0 Å². The Morgan fingerprint density at radius 1 is 1.73 bits per heavy atom. The minimum atomic E-state index is -0.897. The molecule has 0 aromatic heterocycles. The molecule has 0 aromatic carbocycles. The molecule has 0 atom stereocenters. The van der Waals surface area contributed by atoms with Crippen LogP contribution in [0, 0.1) is 9.85 Å². The van der Waals surface area contributed by atoms with E-state index in [0.29, 0.717) is 13.1 Å². The van der Waals surface area contributed by atoms with E-state index < -0.39 is 6.09 Å². The summed E-state index contributed by atoms with van der Waals surface area (Å²) < 4.78 is 2.63. The molecule has 0 aromatic rings. The van der Waals surface area contributed by atoms with Gasteiger partial charge >= 0.3 is 6.09 Å². The Bertz CT molecular complexity index is 183. The van der Waals surface area contributed by atoms with Crippen LogP contribution in [0.1, 0.15) is 13.3 Å². The lowest BCUT2D eigenvalue weighted by atomic mass is 10.4. The second kappa shape index (κ2) is 6.28. The normalized spacial score (nSPS) is 8.18. The maximum Gasteiger partial charge on any atom is 0.408 e. The second-order valence-electron chi connectivity index (χ2n) is 1.98. The number of carbonyl (C=O) groups is 1. The van der Waals surface area contributed by atoms with Crippen molar-refractivity contribution in [2.24, 2.45) is 0 Å². The van der Waals surface area contributed by atoms with E-state index in [1.165, 1.54) is 4.90 Å². The lowest BCUT2D eigenvalue weighted by Gasteiger charge is -2.13. The van der Waals surface area contributed by atoms with Gasteiger partial charge in [0.1, 0.15) is 0 Å². The van der Waals surface area contributed by atoms with Crippen LogP contribution < -0.4 is 0 Å². The quantitative estimate of drug-likeness (QED) is 0.625. The fraction of sp³-hybridized carbons (Fsp3) is 0.571. The van der Waals surface area contributed by atoms with Crippen LogP contribution >= 0.6 is 22.6 Å². The maximum atomic E-state index is 10.5. The Morgan fingerprint density at radius 3 is 2.73 bits per heavy atom. The van der Waals surface area contributed by atoms with E-state index in [2.05, 4.69) is 9.85 Å². The highest BCUT2D eigenvalue weighted by molar-refractivity contribution is 14.1. The Balaban J connectivity index is 3.85. The SMILES string of the molecule is CCCN(CC#CI)C(=O)O. The van der Waals surface area contributed by atoms with Crippen molar-refractivity contribution in [3.63, 3.8) is 0 Å². The third-order valence-corrected chi connectivity index (χ3v) is 1.48. The number of rotatable bonds is 3. The Labute approximate surface area is 79.9 Å². The first-order valence-corrected chi connectivity index (χ1v) is 4.36. The van der Waals surface area contributed by atoms with Crippen LogP contribution in [0.3, 0.4) is 0 Å². The molecular formula is C7H10INO2. The van der Waals surface area contributed by atoms with Crippen molar-refractivity contribution in [3.8, 4) is 9.85 Å². The van der Waals surface area contributed by atoms with Crippen molar-refractivity contribution < 1.29 is 9.90 Å². The smallest absolute Gasteiger partial charge is 0.408 e. The fourth-order valence-electron chi connectivity index (χ4n) is 0.638. The molecule has 11 heavy (non-hydrogen) atoms. The Kier molecular flexibility index (Phi) is 6.03. The topological polar surface area (TPSA) is 40.5 Å². The van der Waals surface area contributed by atoms with Gasteiger partial charge in [0.15, 0.2) is 0 Å². The highest BCUT2D eigenvalue weighted by Gasteiger charge is 2.06. The largest absolute Gasteiger partial charge is 0.465 e. The molecular weight excluding hydrogens is 257 g/mol. The molecule has 0 saturated heterocycles. The minimum absolute atomic E-state index is 0.312. The summed E-state index contributed by atoms with van der Waals surface area (Å²) in [6, 6.07) is 0. The summed E-state index contributed by atoms with van der Waals surface area (Å²) >= 11 is 1.89. The number of carboxylic acid groups (broad SMARTS) is 1. The fourth-order valence-corrected chi connectivity index (χ4v) is 0.808. The van der Waals surface area contributed by atoms with Gasteiger partial charge in [-0.15, -0.1) is 0 Å². The molecule has 0 bridgehead atoms. The van der Waals surface area contributed by atoms with Gasteiger partial charge in [-0.3, -0.25) is 4.90 Å². The zero-order valence-electron chi connectivity index (χ0n) is 6.30. The second-order valence-corrected chi connectivity index (χ2v) is 2.51. The molecule has 1 amide bonds. The third kappa shape index (κ3) is 4.90. The monoisotopic (exact) mass is 267 g/mol. The van der Waals surface area contributed by atoms with Crippen molar-refractivity contribution >= 4 is 28.7 Å². The summed E-state index contributed by atoms with van der Waals surface area (Å²) in [6.07, 6.45) is -0.0686. The number of amides is 1. The summed E-state index contributed by atoms with van der Waals surface area (Å²) in [5, 5.41) is 8.59. The molecule has 4 heteroatoms. The average Bonchev–Trinajstić information content (AvgIpc) is 1.97. The first-order valence-electron chi connectivity index (χ1n) is 3.28. The highest BCUT2D eigenvalue weighted by atomic mass is 127. The number of halogens is 1. The summed E-state index contributed by atoms with van der Waals surface area (Å²) in [4.78, 5) is 11.7. The van der Waals surface area contributed by atoms with Gasteiger partial charge in [0, 0.05) is 29.1 Å². The van der Waals surface area contributed by atoms with E-state index >= 15 is 0 Å². The predicted molar refractivity (Wildman–Crippen MR) is 51.7 cm³/mol. The molecule has 0 heterocycles. The Hall–Kier alpha value is -0.440. The van der Waals surface area contributed by atoms with Gasteiger partial charge in [-0.25, -0.2) is 4.79 Å². The van der Waals surface area contributed by atoms with Gasteiger partial charge in [-0.2, -0.15) is 0 Å². The third-order valence-electron chi connectivity index (χ3n) is 1.10. The summed E-state index contributed by atoms with van der Waals surface area (Å²) in [5.41, 5.74) is 0. The highest BCUT2D eigenvalue weighted by Crippen LogP contribution is 1.90. The van der Waals surface area contributed by atoms with Gasteiger partial charge in [-0.05, 0) is 10.3 Å². The molecule has 0 spiro atoms. The van der Waals surface area contributed by atoms with Crippen LogP contribution in [-0.4, -0.2) is 29.2 Å². The minimum Gasteiger partial charge on any atom is -0.465 e. The number of hydrogen-bond donors (Lipinski definition) is 1.